The van der Waals surface area contributed by atoms with E-state index in [9.17, 15) is 4.79 Å². The highest BCUT2D eigenvalue weighted by atomic mass is 32.1. The summed E-state index contributed by atoms with van der Waals surface area (Å²) < 4.78 is 5.79. The Morgan fingerprint density at radius 3 is 2.57 bits per heavy atom. The quantitative estimate of drug-likeness (QED) is 0.646. The Hall–Kier alpha value is -2.73. The van der Waals surface area contributed by atoms with Gasteiger partial charge in [-0.15, -0.1) is 11.3 Å². The number of amides is 1. The molecule has 1 atom stereocenters. The fourth-order valence-electron chi connectivity index (χ4n) is 3.49. The average Bonchev–Trinajstić information content (AvgIpc) is 3.25. The number of pyridine rings is 1. The zero-order valence-corrected chi connectivity index (χ0v) is 16.6. The maximum Gasteiger partial charge on any atom is 0.263 e. The van der Waals surface area contributed by atoms with Gasteiger partial charge in [-0.2, -0.15) is 0 Å². The van der Waals surface area contributed by atoms with Gasteiger partial charge in [-0.1, -0.05) is 18.2 Å². The van der Waals surface area contributed by atoms with Gasteiger partial charge < -0.3 is 9.64 Å². The zero-order chi connectivity index (χ0) is 19.3. The van der Waals surface area contributed by atoms with Gasteiger partial charge in [0.05, 0.1) is 10.7 Å². The fraction of sp³-hybridized carbons (Fsp3) is 0.318. The third-order valence-corrected chi connectivity index (χ3v) is 6.06. The van der Waals surface area contributed by atoms with Crippen LogP contribution in [0.25, 0.3) is 11.3 Å². The number of hydrogen-bond donors (Lipinski definition) is 0. The third-order valence-electron chi connectivity index (χ3n) is 5.06. The Balaban J connectivity index is 1.33. The van der Waals surface area contributed by atoms with E-state index >= 15 is 0 Å². The van der Waals surface area contributed by atoms with Crippen molar-refractivity contribution in [3.05, 3.63) is 65.2 Å². The summed E-state index contributed by atoms with van der Waals surface area (Å²) in [6.07, 6.45) is 4.98. The molecule has 1 aromatic carbocycles. The third kappa shape index (κ3) is 4.22. The van der Waals surface area contributed by atoms with Crippen molar-refractivity contribution in [2.45, 2.75) is 31.8 Å². The van der Waals surface area contributed by atoms with Crippen molar-refractivity contribution in [3.8, 4) is 17.0 Å². The molecular weight excluding hydrogens is 370 g/mol. The van der Waals surface area contributed by atoms with Crippen molar-refractivity contribution in [1.82, 2.24) is 14.9 Å². The molecule has 144 valence electrons. The lowest BCUT2D eigenvalue weighted by Gasteiger charge is -2.32. The molecular formula is C22H23N3O2S. The number of hydrogen-bond acceptors (Lipinski definition) is 5. The van der Waals surface area contributed by atoms with Gasteiger partial charge in [0.1, 0.15) is 5.75 Å². The first kappa shape index (κ1) is 18.6. The van der Waals surface area contributed by atoms with Gasteiger partial charge in [0.2, 0.25) is 0 Å². The van der Waals surface area contributed by atoms with Gasteiger partial charge in [0.25, 0.3) is 5.91 Å². The minimum Gasteiger partial charge on any atom is -0.481 e. The number of thiazole rings is 1. The lowest BCUT2D eigenvalue weighted by molar-refractivity contribution is -0.139. The largest absolute Gasteiger partial charge is 0.481 e. The second-order valence-corrected chi connectivity index (χ2v) is 7.87. The van der Waals surface area contributed by atoms with Crippen molar-refractivity contribution in [2.75, 3.05) is 13.1 Å². The van der Waals surface area contributed by atoms with E-state index < -0.39 is 6.10 Å². The van der Waals surface area contributed by atoms with Crippen LogP contribution in [-0.4, -0.2) is 40.0 Å². The molecule has 0 N–H and O–H groups in total. The molecule has 0 aliphatic carbocycles. The lowest BCUT2D eigenvalue weighted by Crippen LogP contribution is -2.44. The molecule has 4 rings (SSSR count). The second-order valence-electron chi connectivity index (χ2n) is 6.98. The van der Waals surface area contributed by atoms with E-state index in [-0.39, 0.29) is 5.91 Å². The van der Waals surface area contributed by atoms with Gasteiger partial charge in [-0.25, -0.2) is 4.98 Å². The highest BCUT2D eigenvalue weighted by Gasteiger charge is 2.29. The van der Waals surface area contributed by atoms with Crippen LogP contribution in [0.5, 0.6) is 5.75 Å². The van der Waals surface area contributed by atoms with E-state index in [1.165, 1.54) is 0 Å². The smallest absolute Gasteiger partial charge is 0.263 e. The molecule has 1 aliphatic rings. The molecule has 0 spiro atoms. The summed E-state index contributed by atoms with van der Waals surface area (Å²) in [6, 6.07) is 13.5. The first-order chi connectivity index (χ1) is 13.7. The number of piperidine rings is 1. The van der Waals surface area contributed by atoms with Crippen LogP contribution in [0, 0.1) is 0 Å². The summed E-state index contributed by atoms with van der Waals surface area (Å²) in [5, 5.41) is 3.27. The standard InChI is InChI=1S/C22H23N3O2S/c1-16(27-19-5-3-2-4-6-19)22(26)25-13-9-18(10-14-25)21-24-20(15-28-21)17-7-11-23-12-8-17/h2-8,11-12,15-16,18H,9-10,13-14H2,1H3/t16-/m1/s1. The predicted octanol–water partition coefficient (Wildman–Crippen LogP) is 4.38. The topological polar surface area (TPSA) is 55.3 Å². The first-order valence-electron chi connectivity index (χ1n) is 9.57. The summed E-state index contributed by atoms with van der Waals surface area (Å²) in [4.78, 5) is 23.5. The molecule has 3 heterocycles. The molecule has 28 heavy (non-hydrogen) atoms. The Morgan fingerprint density at radius 1 is 1.14 bits per heavy atom. The van der Waals surface area contributed by atoms with Gasteiger partial charge in [-0.3, -0.25) is 9.78 Å². The van der Waals surface area contributed by atoms with Crippen LogP contribution < -0.4 is 4.74 Å². The Labute approximate surface area is 169 Å². The van der Waals surface area contributed by atoms with Crippen molar-refractivity contribution in [1.29, 1.82) is 0 Å². The van der Waals surface area contributed by atoms with Crippen molar-refractivity contribution in [3.63, 3.8) is 0 Å². The number of carbonyl (C=O) groups excluding carboxylic acids is 1. The summed E-state index contributed by atoms with van der Waals surface area (Å²) in [5.74, 6) is 1.19. The van der Waals surface area contributed by atoms with E-state index in [1.807, 2.05) is 54.3 Å². The van der Waals surface area contributed by atoms with Crippen LogP contribution in [0.15, 0.2) is 60.2 Å². The number of nitrogens with zero attached hydrogens (tertiary/aromatic N) is 3. The van der Waals surface area contributed by atoms with Crippen LogP contribution in [0.2, 0.25) is 0 Å². The molecule has 1 saturated heterocycles. The van der Waals surface area contributed by atoms with E-state index in [2.05, 4.69) is 10.4 Å². The average molecular weight is 394 g/mol. The van der Waals surface area contributed by atoms with E-state index in [0.29, 0.717) is 5.92 Å². The number of ether oxygens (including phenoxy) is 1. The van der Waals surface area contributed by atoms with Crippen molar-refractivity contribution >= 4 is 17.2 Å². The van der Waals surface area contributed by atoms with E-state index in [1.54, 1.807) is 23.7 Å². The Kier molecular flexibility index (Phi) is 5.67. The predicted molar refractivity (Wildman–Crippen MR) is 110 cm³/mol. The van der Waals surface area contributed by atoms with E-state index in [4.69, 9.17) is 9.72 Å². The zero-order valence-electron chi connectivity index (χ0n) is 15.8. The van der Waals surface area contributed by atoms with Crippen molar-refractivity contribution < 1.29 is 9.53 Å². The molecule has 2 aromatic heterocycles. The molecule has 1 aliphatic heterocycles. The number of carbonyl (C=O) groups is 1. The van der Waals surface area contributed by atoms with E-state index in [0.717, 1.165) is 47.9 Å². The maximum atomic E-state index is 12.7. The first-order valence-corrected chi connectivity index (χ1v) is 10.4. The Morgan fingerprint density at radius 2 is 1.86 bits per heavy atom. The van der Waals surface area contributed by atoms with Crippen molar-refractivity contribution in [2.24, 2.45) is 0 Å². The Bertz CT molecular complexity index is 906. The summed E-state index contributed by atoms with van der Waals surface area (Å²) in [7, 11) is 0. The number of aromatic nitrogens is 2. The van der Waals surface area contributed by atoms with Crippen LogP contribution in [0.1, 0.15) is 30.7 Å². The highest BCUT2D eigenvalue weighted by Crippen LogP contribution is 2.33. The summed E-state index contributed by atoms with van der Waals surface area (Å²) in [5.41, 5.74) is 2.10. The molecule has 0 unspecified atom stereocenters. The molecule has 6 heteroatoms. The molecule has 1 fully saturated rings. The molecule has 1 amide bonds. The van der Waals surface area contributed by atoms with Gasteiger partial charge in [0.15, 0.2) is 6.10 Å². The lowest BCUT2D eigenvalue weighted by atomic mass is 9.97. The molecule has 3 aromatic rings. The van der Waals surface area contributed by atoms with Gasteiger partial charge in [-0.05, 0) is 44.0 Å². The summed E-state index contributed by atoms with van der Waals surface area (Å²) in [6.45, 7) is 3.32. The molecule has 0 radical (unpaired) electrons. The summed E-state index contributed by atoms with van der Waals surface area (Å²) >= 11 is 1.71. The number of rotatable bonds is 5. The SMILES string of the molecule is C[C@@H](Oc1ccccc1)C(=O)N1CCC(c2nc(-c3ccncc3)cs2)CC1. The number of likely N-dealkylation sites (tertiary alicyclic amines) is 1. The van der Waals surface area contributed by atoms with Gasteiger partial charge in [0, 0.05) is 42.3 Å². The van der Waals surface area contributed by atoms with Crippen LogP contribution in [-0.2, 0) is 4.79 Å². The second kappa shape index (κ2) is 8.52. The normalized spacial score (nSPS) is 16.0. The minimum atomic E-state index is -0.475. The van der Waals surface area contributed by atoms with Crippen LogP contribution in [0.3, 0.4) is 0 Å². The molecule has 0 bridgehead atoms. The fourth-order valence-corrected chi connectivity index (χ4v) is 4.49. The molecule has 0 saturated carbocycles. The van der Waals surface area contributed by atoms with Crippen LogP contribution >= 0.6 is 11.3 Å². The maximum absolute atomic E-state index is 12.7. The van der Waals surface area contributed by atoms with Crippen LogP contribution in [0.4, 0.5) is 0 Å². The highest BCUT2D eigenvalue weighted by molar-refractivity contribution is 7.10. The minimum absolute atomic E-state index is 0.0546. The monoisotopic (exact) mass is 393 g/mol. The van der Waals surface area contributed by atoms with Gasteiger partial charge >= 0.3 is 0 Å². The molecule has 5 nitrogen and oxygen atoms in total. The number of para-hydroxylation sites is 1. The number of benzene rings is 1.